The fourth-order valence-electron chi connectivity index (χ4n) is 3.26. The quantitative estimate of drug-likeness (QED) is 0.309. The van der Waals surface area contributed by atoms with E-state index in [1.54, 1.807) is 52.8 Å². The highest BCUT2D eigenvalue weighted by Crippen LogP contribution is 2.27. The van der Waals surface area contributed by atoms with Crippen molar-refractivity contribution >= 4 is 29.8 Å². The summed E-state index contributed by atoms with van der Waals surface area (Å²) in [5.74, 6) is -3.31. The molecule has 12 nitrogen and oxygen atoms in total. The van der Waals surface area contributed by atoms with Crippen LogP contribution in [0.4, 0.5) is 4.79 Å². The number of ether oxygens (including phenoxy) is 2. The summed E-state index contributed by atoms with van der Waals surface area (Å²) in [5, 5.41) is 14.2. The minimum absolute atomic E-state index is 0.385. The molecule has 36 heavy (non-hydrogen) atoms. The van der Waals surface area contributed by atoms with E-state index >= 15 is 0 Å². The van der Waals surface area contributed by atoms with Gasteiger partial charge in [-0.1, -0.05) is 23.8 Å². The number of aryl methyl sites for hydroxylation is 2. The van der Waals surface area contributed by atoms with Crippen LogP contribution in [0.1, 0.15) is 49.9 Å². The molecule has 1 rings (SSSR count). The zero-order valence-electron chi connectivity index (χ0n) is 21.3. The summed E-state index contributed by atoms with van der Waals surface area (Å²) in [6, 6.07) is 4.15. The maximum atomic E-state index is 13.6. The van der Waals surface area contributed by atoms with Gasteiger partial charge in [0.1, 0.15) is 30.8 Å². The van der Waals surface area contributed by atoms with Crippen molar-refractivity contribution in [3.63, 3.8) is 0 Å². The molecule has 0 aromatic heterocycles. The molecule has 2 unspecified atom stereocenters. The second kappa shape index (κ2) is 13.1. The lowest BCUT2D eigenvalue weighted by atomic mass is 9.96. The molecule has 196 valence electrons. The predicted octanol–water partition coefficient (Wildman–Crippen LogP) is 0.755. The summed E-state index contributed by atoms with van der Waals surface area (Å²) in [5.41, 5.74) is 6.18. The molecule has 2 atom stereocenters. The standard InChI is InChI=1S/C24H33N5O7/c1-14-7-8-15(2)16(11-14)20(21(32)27-13-19(31)35-6)29(10-9-25)22(33)17(12-18(26)30)28-23(34)36-24(3,4)5/h7-8,11,17,20H,10,12-13H2,1-6H3,(H2,26,30)(H,27,32)(H,28,34). The van der Waals surface area contributed by atoms with Crippen LogP contribution in [-0.4, -0.2) is 66.5 Å². The van der Waals surface area contributed by atoms with Gasteiger partial charge in [-0.3, -0.25) is 19.2 Å². The average Bonchev–Trinajstić information content (AvgIpc) is 2.76. The van der Waals surface area contributed by atoms with Crippen LogP contribution in [0.15, 0.2) is 18.2 Å². The van der Waals surface area contributed by atoms with Crippen LogP contribution in [0.3, 0.4) is 0 Å². The van der Waals surface area contributed by atoms with Gasteiger partial charge in [0.2, 0.25) is 17.7 Å². The number of nitrogens with zero attached hydrogens (tertiary/aromatic N) is 2. The number of esters is 1. The molecule has 0 spiro atoms. The minimum atomic E-state index is -1.52. The van der Waals surface area contributed by atoms with Gasteiger partial charge >= 0.3 is 12.1 Å². The third kappa shape index (κ3) is 9.25. The second-order valence-corrected chi connectivity index (χ2v) is 9.05. The molecular weight excluding hydrogens is 470 g/mol. The van der Waals surface area contributed by atoms with Crippen LogP contribution >= 0.6 is 0 Å². The van der Waals surface area contributed by atoms with E-state index in [-0.39, 0.29) is 0 Å². The second-order valence-electron chi connectivity index (χ2n) is 9.05. The number of benzene rings is 1. The van der Waals surface area contributed by atoms with E-state index in [0.29, 0.717) is 11.1 Å². The van der Waals surface area contributed by atoms with Crippen molar-refractivity contribution in [2.75, 3.05) is 20.2 Å². The van der Waals surface area contributed by atoms with E-state index in [1.165, 1.54) is 0 Å². The van der Waals surface area contributed by atoms with Crippen LogP contribution in [-0.2, 0) is 28.7 Å². The molecule has 0 saturated heterocycles. The van der Waals surface area contributed by atoms with Crippen molar-refractivity contribution in [3.05, 3.63) is 34.9 Å². The number of alkyl carbamates (subject to hydrolysis) is 1. The topological polar surface area (TPSA) is 181 Å². The van der Waals surface area contributed by atoms with E-state index in [4.69, 9.17) is 10.5 Å². The first-order valence-electron chi connectivity index (χ1n) is 11.1. The first-order valence-corrected chi connectivity index (χ1v) is 11.1. The summed E-state index contributed by atoms with van der Waals surface area (Å²) in [7, 11) is 1.15. The van der Waals surface area contributed by atoms with Gasteiger partial charge in [-0.05, 0) is 45.7 Å². The monoisotopic (exact) mass is 503 g/mol. The molecular formula is C24H33N5O7. The highest BCUT2D eigenvalue weighted by molar-refractivity contribution is 5.95. The van der Waals surface area contributed by atoms with Gasteiger partial charge < -0.3 is 30.7 Å². The summed E-state index contributed by atoms with van der Waals surface area (Å²) in [4.78, 5) is 63.5. The van der Waals surface area contributed by atoms with Gasteiger partial charge in [0.15, 0.2) is 0 Å². The third-order valence-electron chi connectivity index (χ3n) is 4.84. The Morgan fingerprint density at radius 1 is 1.17 bits per heavy atom. The molecule has 0 bridgehead atoms. The van der Waals surface area contributed by atoms with Gasteiger partial charge in [-0.2, -0.15) is 5.26 Å². The SMILES string of the molecule is COC(=O)CNC(=O)C(c1cc(C)ccc1C)N(CC#N)C(=O)C(CC(N)=O)NC(=O)OC(C)(C)C. The smallest absolute Gasteiger partial charge is 0.408 e. The number of primary amides is 1. The van der Waals surface area contributed by atoms with Gasteiger partial charge in [0, 0.05) is 0 Å². The van der Waals surface area contributed by atoms with Crippen molar-refractivity contribution in [1.29, 1.82) is 5.26 Å². The molecule has 12 heteroatoms. The zero-order chi connectivity index (χ0) is 27.6. The Morgan fingerprint density at radius 3 is 2.33 bits per heavy atom. The number of hydrogen-bond acceptors (Lipinski definition) is 8. The van der Waals surface area contributed by atoms with Crippen molar-refractivity contribution in [2.45, 2.75) is 58.7 Å². The van der Waals surface area contributed by atoms with Gasteiger partial charge in [-0.15, -0.1) is 0 Å². The Bertz CT molecular complexity index is 1040. The fourth-order valence-corrected chi connectivity index (χ4v) is 3.26. The van der Waals surface area contributed by atoms with E-state index in [0.717, 1.165) is 17.6 Å². The molecule has 4 N–H and O–H groups in total. The highest BCUT2D eigenvalue weighted by Gasteiger charge is 2.37. The van der Waals surface area contributed by atoms with Crippen LogP contribution < -0.4 is 16.4 Å². The molecule has 0 fully saturated rings. The molecule has 4 amide bonds. The van der Waals surface area contributed by atoms with Gasteiger partial charge in [0.25, 0.3) is 0 Å². The summed E-state index contributed by atoms with van der Waals surface area (Å²) < 4.78 is 9.73. The third-order valence-corrected chi connectivity index (χ3v) is 4.84. The molecule has 0 aliphatic heterocycles. The van der Waals surface area contributed by atoms with E-state index < -0.39 is 67.0 Å². The lowest BCUT2D eigenvalue weighted by Crippen LogP contribution is -2.54. The number of carbonyl (C=O) groups is 5. The molecule has 0 heterocycles. The number of amides is 4. The zero-order valence-corrected chi connectivity index (χ0v) is 21.3. The Labute approximate surface area is 210 Å². The summed E-state index contributed by atoms with van der Waals surface area (Å²) in [6.07, 6.45) is -1.60. The maximum Gasteiger partial charge on any atom is 0.408 e. The van der Waals surface area contributed by atoms with E-state index in [1.807, 2.05) is 6.07 Å². The number of nitrogens with one attached hydrogen (secondary N) is 2. The molecule has 0 aliphatic carbocycles. The number of rotatable bonds is 10. The number of nitriles is 1. The number of methoxy groups -OCH3 is 1. The molecule has 0 aliphatic rings. The average molecular weight is 504 g/mol. The Hall–Kier alpha value is -4.14. The normalized spacial score (nSPS) is 12.4. The first-order chi connectivity index (χ1) is 16.7. The molecule has 0 radical (unpaired) electrons. The minimum Gasteiger partial charge on any atom is -0.468 e. The van der Waals surface area contributed by atoms with Gasteiger partial charge in [0.05, 0.1) is 19.6 Å². The highest BCUT2D eigenvalue weighted by atomic mass is 16.6. The number of carbonyl (C=O) groups excluding carboxylic acids is 5. The van der Waals surface area contributed by atoms with Crippen LogP contribution in [0.5, 0.6) is 0 Å². The van der Waals surface area contributed by atoms with E-state index in [2.05, 4.69) is 15.4 Å². The Morgan fingerprint density at radius 2 is 1.81 bits per heavy atom. The summed E-state index contributed by atoms with van der Waals surface area (Å²) >= 11 is 0. The summed E-state index contributed by atoms with van der Waals surface area (Å²) in [6.45, 7) is 7.28. The Kier molecular flexibility index (Phi) is 10.9. The van der Waals surface area contributed by atoms with Crippen molar-refractivity contribution < 1.29 is 33.4 Å². The van der Waals surface area contributed by atoms with Crippen LogP contribution in [0, 0.1) is 25.2 Å². The lowest BCUT2D eigenvalue weighted by molar-refractivity contribution is -0.144. The molecule has 1 aromatic rings. The largest absolute Gasteiger partial charge is 0.468 e. The van der Waals surface area contributed by atoms with Crippen LogP contribution in [0.25, 0.3) is 0 Å². The first kappa shape index (κ1) is 29.9. The van der Waals surface area contributed by atoms with Gasteiger partial charge in [-0.25, -0.2) is 4.79 Å². The van der Waals surface area contributed by atoms with Crippen molar-refractivity contribution in [1.82, 2.24) is 15.5 Å². The van der Waals surface area contributed by atoms with E-state index in [9.17, 15) is 29.2 Å². The fraction of sp³-hybridized carbons (Fsp3) is 0.500. The number of nitrogens with two attached hydrogens (primary N) is 1. The lowest BCUT2D eigenvalue weighted by Gasteiger charge is -2.33. The van der Waals surface area contributed by atoms with Crippen molar-refractivity contribution in [3.8, 4) is 6.07 Å². The Balaban J connectivity index is 3.53. The van der Waals surface area contributed by atoms with Crippen molar-refractivity contribution in [2.24, 2.45) is 5.73 Å². The maximum absolute atomic E-state index is 13.6. The predicted molar refractivity (Wildman–Crippen MR) is 128 cm³/mol. The molecule has 0 saturated carbocycles. The number of hydrogen-bond donors (Lipinski definition) is 3. The molecule has 1 aromatic carbocycles. The van der Waals surface area contributed by atoms with Crippen LogP contribution in [0.2, 0.25) is 0 Å².